The van der Waals surface area contributed by atoms with Crippen LogP contribution < -0.4 is 14.8 Å². The Morgan fingerprint density at radius 3 is 2.56 bits per heavy atom. The van der Waals surface area contributed by atoms with Crippen molar-refractivity contribution < 1.29 is 14.3 Å². The highest BCUT2D eigenvalue weighted by Crippen LogP contribution is 2.28. The molecule has 0 unspecified atom stereocenters. The molecule has 32 heavy (non-hydrogen) atoms. The second-order valence-corrected chi connectivity index (χ2v) is 9.14. The highest BCUT2D eigenvalue weighted by molar-refractivity contribution is 8.15. The Labute approximate surface area is 194 Å². The lowest BCUT2D eigenvalue weighted by Gasteiger charge is -2.13. The molecule has 1 atom stereocenters. The first-order valence-electron chi connectivity index (χ1n) is 11.0. The molecule has 0 bridgehead atoms. The van der Waals surface area contributed by atoms with Crippen molar-refractivity contribution in [3.05, 3.63) is 59.2 Å². The van der Waals surface area contributed by atoms with Gasteiger partial charge in [-0.2, -0.15) is 5.10 Å². The zero-order chi connectivity index (χ0) is 22.9. The van der Waals surface area contributed by atoms with Crippen molar-refractivity contribution in [1.29, 1.82) is 0 Å². The van der Waals surface area contributed by atoms with Crippen molar-refractivity contribution >= 4 is 29.1 Å². The summed E-state index contributed by atoms with van der Waals surface area (Å²) in [6.45, 7) is 6.13. The van der Waals surface area contributed by atoms with Gasteiger partial charge in [0.15, 0.2) is 16.7 Å². The van der Waals surface area contributed by atoms with Crippen molar-refractivity contribution in [2.75, 3.05) is 7.11 Å². The van der Waals surface area contributed by atoms with E-state index in [0.717, 1.165) is 17.5 Å². The van der Waals surface area contributed by atoms with Crippen LogP contribution >= 0.6 is 11.8 Å². The standard InChI is InChI=1S/C25H31N3O3S/c1-5-6-7-18-8-10-19(11-9-18)15-23-24(29)27-25(32-23)28-26-16-20-12-13-21(31-17(2)3)22(14-20)30-4/h8-14,16-17,23H,5-7,15H2,1-4H3,(H,27,28,29)/b26-16-/t23-/m1/s1. The summed E-state index contributed by atoms with van der Waals surface area (Å²) in [4.78, 5) is 12.3. The van der Waals surface area contributed by atoms with Crippen molar-refractivity contribution in [3.63, 3.8) is 0 Å². The predicted molar refractivity (Wildman–Crippen MR) is 132 cm³/mol. The van der Waals surface area contributed by atoms with E-state index in [0.29, 0.717) is 23.1 Å². The summed E-state index contributed by atoms with van der Waals surface area (Å²) in [6, 6.07) is 14.1. The summed E-state index contributed by atoms with van der Waals surface area (Å²) in [5.74, 6) is 1.29. The van der Waals surface area contributed by atoms with Gasteiger partial charge >= 0.3 is 0 Å². The van der Waals surface area contributed by atoms with Gasteiger partial charge in [-0.25, -0.2) is 0 Å². The van der Waals surface area contributed by atoms with Crippen LogP contribution in [0, 0.1) is 0 Å². The molecule has 170 valence electrons. The summed E-state index contributed by atoms with van der Waals surface area (Å²) in [5.41, 5.74) is 3.32. The van der Waals surface area contributed by atoms with Gasteiger partial charge in [0, 0.05) is 0 Å². The van der Waals surface area contributed by atoms with E-state index in [4.69, 9.17) is 9.47 Å². The largest absolute Gasteiger partial charge is 0.493 e. The topological polar surface area (TPSA) is 72.3 Å². The third-order valence-corrected chi connectivity index (χ3v) is 6.02. The van der Waals surface area contributed by atoms with Crippen LogP contribution in [0.3, 0.4) is 0 Å². The summed E-state index contributed by atoms with van der Waals surface area (Å²) >= 11 is 1.41. The number of ether oxygens (including phenoxy) is 2. The number of carbonyl (C=O) groups is 1. The maximum Gasteiger partial charge on any atom is 0.239 e. The molecule has 1 fully saturated rings. The second-order valence-electron chi connectivity index (χ2n) is 7.95. The lowest BCUT2D eigenvalue weighted by molar-refractivity contribution is -0.118. The SMILES string of the molecule is CCCCc1ccc(C[C@H]2S/C(=N\N=C/c3ccc(OC(C)C)c(OC)c3)NC2=O)cc1. The molecule has 0 aromatic heterocycles. The number of rotatable bonds is 10. The van der Waals surface area contributed by atoms with E-state index >= 15 is 0 Å². The molecular formula is C25H31N3O3S. The first-order chi connectivity index (χ1) is 15.5. The Hall–Kier alpha value is -2.80. The second kappa shape index (κ2) is 11.7. The van der Waals surface area contributed by atoms with E-state index in [2.05, 4.69) is 46.7 Å². The van der Waals surface area contributed by atoms with Crippen molar-refractivity contribution in [2.24, 2.45) is 10.2 Å². The van der Waals surface area contributed by atoms with Gasteiger partial charge in [-0.05, 0) is 68.0 Å². The van der Waals surface area contributed by atoms with Gasteiger partial charge in [0.05, 0.1) is 24.7 Å². The molecular weight excluding hydrogens is 422 g/mol. The van der Waals surface area contributed by atoms with Gasteiger partial charge in [0.2, 0.25) is 5.91 Å². The van der Waals surface area contributed by atoms with E-state index < -0.39 is 0 Å². The molecule has 0 saturated carbocycles. The van der Waals surface area contributed by atoms with Crippen molar-refractivity contribution in [3.8, 4) is 11.5 Å². The highest BCUT2D eigenvalue weighted by Gasteiger charge is 2.30. The quantitative estimate of drug-likeness (QED) is 0.406. The lowest BCUT2D eigenvalue weighted by Crippen LogP contribution is -2.25. The molecule has 0 spiro atoms. The van der Waals surface area contributed by atoms with Gasteiger partial charge in [0.25, 0.3) is 0 Å². The number of nitrogens with zero attached hydrogens (tertiary/aromatic N) is 2. The monoisotopic (exact) mass is 453 g/mol. The van der Waals surface area contributed by atoms with Gasteiger partial charge in [-0.1, -0.05) is 49.4 Å². The number of aryl methyl sites for hydroxylation is 1. The van der Waals surface area contributed by atoms with Gasteiger partial charge in [-0.15, -0.1) is 5.10 Å². The summed E-state index contributed by atoms with van der Waals surface area (Å²) < 4.78 is 11.1. The highest BCUT2D eigenvalue weighted by atomic mass is 32.2. The van der Waals surface area contributed by atoms with E-state index in [-0.39, 0.29) is 17.3 Å². The summed E-state index contributed by atoms with van der Waals surface area (Å²) in [7, 11) is 1.60. The van der Waals surface area contributed by atoms with E-state index in [1.165, 1.54) is 30.2 Å². The Bertz CT molecular complexity index is 971. The molecule has 2 aromatic carbocycles. The Morgan fingerprint density at radius 1 is 1.12 bits per heavy atom. The number of amides is 1. The van der Waals surface area contributed by atoms with Crippen molar-refractivity contribution in [1.82, 2.24) is 5.32 Å². The fourth-order valence-electron chi connectivity index (χ4n) is 3.29. The molecule has 1 aliphatic heterocycles. The third kappa shape index (κ3) is 6.85. The fraction of sp³-hybridized carbons (Fsp3) is 0.400. The molecule has 1 aliphatic rings. The summed E-state index contributed by atoms with van der Waals surface area (Å²) in [5, 5.41) is 11.5. The Balaban J connectivity index is 1.58. The number of thioether (sulfide) groups is 1. The Kier molecular flexibility index (Phi) is 8.73. The minimum atomic E-state index is -0.196. The summed E-state index contributed by atoms with van der Waals surface area (Å²) in [6.07, 6.45) is 5.85. The van der Waals surface area contributed by atoms with Crippen LogP contribution in [0.1, 0.15) is 50.3 Å². The zero-order valence-electron chi connectivity index (χ0n) is 19.1. The first-order valence-corrected chi connectivity index (χ1v) is 11.9. The minimum absolute atomic E-state index is 0.0316. The molecule has 0 aliphatic carbocycles. The van der Waals surface area contributed by atoms with Crippen LogP contribution in [-0.4, -0.2) is 35.8 Å². The average Bonchev–Trinajstić information content (AvgIpc) is 3.12. The molecule has 1 N–H and O–H groups in total. The molecule has 6 nitrogen and oxygen atoms in total. The number of hydrogen-bond donors (Lipinski definition) is 1. The molecule has 1 amide bonds. The average molecular weight is 454 g/mol. The molecule has 3 rings (SSSR count). The number of methoxy groups -OCH3 is 1. The van der Waals surface area contributed by atoms with Crippen LogP contribution in [0.25, 0.3) is 0 Å². The number of amidine groups is 1. The van der Waals surface area contributed by atoms with Crippen LogP contribution in [0.5, 0.6) is 11.5 Å². The number of nitrogens with one attached hydrogen (secondary N) is 1. The smallest absolute Gasteiger partial charge is 0.239 e. The normalized spacial score (nSPS) is 17.3. The van der Waals surface area contributed by atoms with E-state index in [1.54, 1.807) is 13.3 Å². The van der Waals surface area contributed by atoms with E-state index in [9.17, 15) is 4.79 Å². The van der Waals surface area contributed by atoms with E-state index in [1.807, 2.05) is 32.0 Å². The van der Waals surface area contributed by atoms with Gasteiger partial charge in [-0.3, -0.25) is 4.79 Å². The van der Waals surface area contributed by atoms with Crippen LogP contribution in [0.2, 0.25) is 0 Å². The van der Waals surface area contributed by atoms with Crippen molar-refractivity contribution in [2.45, 2.75) is 57.8 Å². The first kappa shape index (κ1) is 23.9. The fourth-order valence-corrected chi connectivity index (χ4v) is 4.25. The third-order valence-electron chi connectivity index (χ3n) is 4.95. The molecule has 1 saturated heterocycles. The molecule has 0 radical (unpaired) electrons. The maximum absolute atomic E-state index is 12.3. The zero-order valence-corrected chi connectivity index (χ0v) is 19.9. The number of unbranched alkanes of at least 4 members (excludes halogenated alkanes) is 1. The molecule has 2 aromatic rings. The number of benzene rings is 2. The van der Waals surface area contributed by atoms with Gasteiger partial charge < -0.3 is 14.8 Å². The number of carbonyl (C=O) groups excluding carboxylic acids is 1. The minimum Gasteiger partial charge on any atom is -0.493 e. The van der Waals surface area contributed by atoms with Crippen LogP contribution in [0.15, 0.2) is 52.7 Å². The molecule has 1 heterocycles. The maximum atomic E-state index is 12.3. The number of hydrogen-bond acceptors (Lipinski definition) is 6. The Morgan fingerprint density at radius 2 is 1.88 bits per heavy atom. The van der Waals surface area contributed by atoms with Crippen LogP contribution in [0.4, 0.5) is 0 Å². The predicted octanol–water partition coefficient (Wildman–Crippen LogP) is 4.99. The lowest BCUT2D eigenvalue weighted by atomic mass is 10.0. The van der Waals surface area contributed by atoms with Gasteiger partial charge in [0.1, 0.15) is 0 Å². The van der Waals surface area contributed by atoms with Crippen LogP contribution in [-0.2, 0) is 17.6 Å². The molecule has 7 heteroatoms.